The standard InChI is InChI=1S/C16H23N5/c1-12-9-13(20(2)3)10-14(19-12)15-5-4-8-21(15)11-16-17-6-7-18-16/h6-7,9-10,15H,4-5,8,11H2,1-3H3,(H,17,18). The zero-order valence-corrected chi connectivity index (χ0v) is 13.0. The number of aromatic nitrogens is 3. The van der Waals surface area contributed by atoms with Gasteiger partial charge in [-0.15, -0.1) is 0 Å². The Morgan fingerprint density at radius 1 is 1.38 bits per heavy atom. The topological polar surface area (TPSA) is 48.0 Å². The van der Waals surface area contributed by atoms with Crippen LogP contribution in [0.25, 0.3) is 0 Å². The SMILES string of the molecule is Cc1cc(N(C)C)cc(C2CCCN2Cc2ncc[nH]2)n1. The zero-order chi connectivity index (χ0) is 14.8. The van der Waals surface area contributed by atoms with Gasteiger partial charge >= 0.3 is 0 Å². The predicted molar refractivity (Wildman–Crippen MR) is 84.3 cm³/mol. The van der Waals surface area contributed by atoms with Crippen molar-refractivity contribution in [2.24, 2.45) is 0 Å². The molecule has 0 spiro atoms. The van der Waals surface area contributed by atoms with Gasteiger partial charge in [0.2, 0.25) is 0 Å². The van der Waals surface area contributed by atoms with Crippen molar-refractivity contribution in [1.82, 2.24) is 19.9 Å². The van der Waals surface area contributed by atoms with Gasteiger partial charge in [-0.3, -0.25) is 9.88 Å². The number of likely N-dealkylation sites (tertiary alicyclic amines) is 1. The van der Waals surface area contributed by atoms with Gasteiger partial charge in [0.1, 0.15) is 5.82 Å². The van der Waals surface area contributed by atoms with E-state index in [1.165, 1.54) is 24.2 Å². The Labute approximate surface area is 126 Å². The number of rotatable bonds is 4. The second-order valence-electron chi connectivity index (χ2n) is 5.95. The highest BCUT2D eigenvalue weighted by Gasteiger charge is 2.28. The summed E-state index contributed by atoms with van der Waals surface area (Å²) in [6.45, 7) is 4.05. The van der Waals surface area contributed by atoms with Crippen molar-refractivity contribution < 1.29 is 0 Å². The van der Waals surface area contributed by atoms with Crippen LogP contribution in [0.15, 0.2) is 24.5 Å². The van der Waals surface area contributed by atoms with Gasteiger partial charge in [0.25, 0.3) is 0 Å². The second kappa shape index (κ2) is 5.85. The van der Waals surface area contributed by atoms with Crippen molar-refractivity contribution in [3.63, 3.8) is 0 Å². The Bertz CT molecular complexity index is 591. The number of nitrogens with one attached hydrogen (secondary N) is 1. The number of pyridine rings is 1. The fourth-order valence-electron chi connectivity index (χ4n) is 3.03. The van der Waals surface area contributed by atoms with Crippen LogP contribution in [0.2, 0.25) is 0 Å². The molecule has 0 saturated carbocycles. The number of aryl methyl sites for hydroxylation is 1. The average Bonchev–Trinajstić information content (AvgIpc) is 3.10. The maximum atomic E-state index is 4.78. The minimum Gasteiger partial charge on any atom is -0.378 e. The molecule has 1 saturated heterocycles. The third-order valence-electron chi connectivity index (χ3n) is 4.09. The van der Waals surface area contributed by atoms with Gasteiger partial charge in [-0.05, 0) is 38.4 Å². The molecule has 1 aliphatic heterocycles. The fraction of sp³-hybridized carbons (Fsp3) is 0.500. The van der Waals surface area contributed by atoms with E-state index < -0.39 is 0 Å². The van der Waals surface area contributed by atoms with E-state index in [2.05, 4.69) is 52.9 Å². The van der Waals surface area contributed by atoms with Crippen molar-refractivity contribution in [1.29, 1.82) is 0 Å². The number of hydrogen-bond acceptors (Lipinski definition) is 4. The smallest absolute Gasteiger partial charge is 0.120 e. The van der Waals surface area contributed by atoms with E-state index in [0.29, 0.717) is 6.04 Å². The zero-order valence-electron chi connectivity index (χ0n) is 13.0. The van der Waals surface area contributed by atoms with Crippen LogP contribution in [-0.4, -0.2) is 40.5 Å². The summed E-state index contributed by atoms with van der Waals surface area (Å²) in [5, 5.41) is 0. The van der Waals surface area contributed by atoms with Crippen molar-refractivity contribution >= 4 is 5.69 Å². The molecule has 0 aromatic carbocycles. The van der Waals surface area contributed by atoms with Gasteiger partial charge < -0.3 is 9.88 Å². The van der Waals surface area contributed by atoms with Crippen LogP contribution in [0, 0.1) is 6.92 Å². The molecule has 21 heavy (non-hydrogen) atoms. The molecular formula is C16H23N5. The molecule has 0 radical (unpaired) electrons. The van der Waals surface area contributed by atoms with E-state index in [1.54, 1.807) is 0 Å². The molecule has 3 rings (SSSR count). The average molecular weight is 285 g/mol. The van der Waals surface area contributed by atoms with Crippen LogP contribution in [-0.2, 0) is 6.54 Å². The Morgan fingerprint density at radius 2 is 2.24 bits per heavy atom. The van der Waals surface area contributed by atoms with E-state index in [4.69, 9.17) is 4.98 Å². The van der Waals surface area contributed by atoms with E-state index >= 15 is 0 Å². The predicted octanol–water partition coefficient (Wildman–Crippen LogP) is 2.52. The summed E-state index contributed by atoms with van der Waals surface area (Å²) in [5.74, 6) is 1.03. The highest BCUT2D eigenvalue weighted by Crippen LogP contribution is 2.33. The van der Waals surface area contributed by atoms with Crippen LogP contribution >= 0.6 is 0 Å². The van der Waals surface area contributed by atoms with Crippen LogP contribution in [0.3, 0.4) is 0 Å². The second-order valence-corrected chi connectivity index (χ2v) is 5.95. The molecule has 1 N–H and O–H groups in total. The fourth-order valence-corrected chi connectivity index (χ4v) is 3.03. The summed E-state index contributed by atoms with van der Waals surface area (Å²) in [7, 11) is 4.15. The van der Waals surface area contributed by atoms with Gasteiger partial charge in [0.05, 0.1) is 18.3 Å². The van der Waals surface area contributed by atoms with E-state index in [1.807, 2.05) is 12.4 Å². The maximum Gasteiger partial charge on any atom is 0.120 e. The van der Waals surface area contributed by atoms with E-state index in [-0.39, 0.29) is 0 Å². The normalized spacial score (nSPS) is 19.1. The van der Waals surface area contributed by atoms with Crippen LogP contribution in [0.5, 0.6) is 0 Å². The quantitative estimate of drug-likeness (QED) is 0.937. The first-order valence-electron chi connectivity index (χ1n) is 7.51. The van der Waals surface area contributed by atoms with E-state index in [9.17, 15) is 0 Å². The van der Waals surface area contributed by atoms with Gasteiger partial charge in [-0.25, -0.2) is 4.98 Å². The molecule has 0 bridgehead atoms. The largest absolute Gasteiger partial charge is 0.378 e. The molecule has 2 aromatic rings. The summed E-state index contributed by atoms with van der Waals surface area (Å²) in [5.41, 5.74) is 3.49. The monoisotopic (exact) mass is 285 g/mol. The Balaban J connectivity index is 1.84. The molecule has 1 aliphatic rings. The van der Waals surface area contributed by atoms with E-state index in [0.717, 1.165) is 24.6 Å². The molecule has 5 nitrogen and oxygen atoms in total. The molecular weight excluding hydrogens is 262 g/mol. The first-order chi connectivity index (χ1) is 10.1. The lowest BCUT2D eigenvalue weighted by Gasteiger charge is -2.24. The minimum atomic E-state index is 0.397. The van der Waals surface area contributed by atoms with Gasteiger partial charge in [-0.1, -0.05) is 0 Å². The Kier molecular flexibility index (Phi) is 3.92. The number of anilines is 1. The first-order valence-corrected chi connectivity index (χ1v) is 7.51. The lowest BCUT2D eigenvalue weighted by Crippen LogP contribution is -2.24. The number of imidazole rings is 1. The summed E-state index contributed by atoms with van der Waals surface area (Å²) < 4.78 is 0. The summed E-state index contributed by atoms with van der Waals surface area (Å²) >= 11 is 0. The van der Waals surface area contributed by atoms with Crippen LogP contribution < -0.4 is 4.90 Å². The number of hydrogen-bond donors (Lipinski definition) is 1. The highest BCUT2D eigenvalue weighted by molar-refractivity contribution is 5.47. The highest BCUT2D eigenvalue weighted by atomic mass is 15.2. The minimum absolute atomic E-state index is 0.397. The lowest BCUT2D eigenvalue weighted by atomic mass is 10.1. The number of nitrogens with zero attached hydrogens (tertiary/aromatic N) is 4. The van der Waals surface area contributed by atoms with Gasteiger partial charge in [0.15, 0.2) is 0 Å². The third kappa shape index (κ3) is 3.08. The molecule has 112 valence electrons. The Hall–Kier alpha value is -1.88. The summed E-state index contributed by atoms with van der Waals surface area (Å²) in [6, 6.07) is 4.75. The first kappa shape index (κ1) is 14.1. The molecule has 5 heteroatoms. The van der Waals surface area contributed by atoms with Crippen molar-refractivity contribution in [2.75, 3.05) is 25.5 Å². The summed E-state index contributed by atoms with van der Waals surface area (Å²) in [4.78, 5) is 16.9. The summed E-state index contributed by atoms with van der Waals surface area (Å²) in [6.07, 6.45) is 6.09. The van der Waals surface area contributed by atoms with Crippen LogP contribution in [0.4, 0.5) is 5.69 Å². The maximum absolute atomic E-state index is 4.78. The van der Waals surface area contributed by atoms with Gasteiger partial charge in [-0.2, -0.15) is 0 Å². The molecule has 1 unspecified atom stereocenters. The molecule has 0 amide bonds. The third-order valence-corrected chi connectivity index (χ3v) is 4.09. The van der Waals surface area contributed by atoms with Gasteiger partial charge in [0, 0.05) is 37.9 Å². The van der Waals surface area contributed by atoms with Crippen molar-refractivity contribution in [2.45, 2.75) is 32.4 Å². The van der Waals surface area contributed by atoms with Crippen molar-refractivity contribution in [3.05, 3.63) is 41.7 Å². The molecule has 2 aromatic heterocycles. The lowest BCUT2D eigenvalue weighted by molar-refractivity contribution is 0.239. The molecule has 1 fully saturated rings. The van der Waals surface area contributed by atoms with Crippen molar-refractivity contribution in [3.8, 4) is 0 Å². The number of H-pyrrole nitrogens is 1. The molecule has 0 aliphatic carbocycles. The molecule has 3 heterocycles. The number of aromatic amines is 1. The van der Waals surface area contributed by atoms with Crippen LogP contribution in [0.1, 0.15) is 36.1 Å². The Morgan fingerprint density at radius 3 is 2.95 bits per heavy atom. The molecule has 1 atom stereocenters.